The summed E-state index contributed by atoms with van der Waals surface area (Å²) in [5.74, 6) is -0.589. The highest BCUT2D eigenvalue weighted by atomic mass is 32.2. The molecule has 498 valence electrons. The maximum atomic E-state index is 12.9. The molecule has 2 aromatic heterocycles. The third-order valence-electron chi connectivity index (χ3n) is 22.2. The van der Waals surface area contributed by atoms with Crippen molar-refractivity contribution in [3.63, 3.8) is 0 Å². The van der Waals surface area contributed by atoms with Gasteiger partial charge in [0, 0.05) is 43.8 Å². The molecule has 4 saturated carbocycles. The minimum Gasteiger partial charge on any atom is -0.480 e. The molecule has 4 saturated heterocycles. The summed E-state index contributed by atoms with van der Waals surface area (Å²) in [6, 6.07) is -1.12. The Balaban J connectivity index is 0.570. The van der Waals surface area contributed by atoms with Gasteiger partial charge in [-0.2, -0.15) is 0 Å². The van der Waals surface area contributed by atoms with Crippen molar-refractivity contribution in [2.75, 3.05) is 43.3 Å². The van der Waals surface area contributed by atoms with E-state index in [-0.39, 0.29) is 86.6 Å². The van der Waals surface area contributed by atoms with Gasteiger partial charge in [0.2, 0.25) is 5.91 Å². The van der Waals surface area contributed by atoms with Crippen molar-refractivity contribution >= 4 is 45.7 Å². The normalized spacial score (nSPS) is 43.8. The molecule has 0 radical (unpaired) electrons. The van der Waals surface area contributed by atoms with Gasteiger partial charge >= 0.3 is 11.9 Å². The number of anilines is 1. The minimum absolute atomic E-state index is 0.0388. The molecule has 2 aromatic rings. The van der Waals surface area contributed by atoms with Gasteiger partial charge in [-0.1, -0.05) is 20.3 Å². The van der Waals surface area contributed by atoms with Crippen molar-refractivity contribution < 1.29 is 97.9 Å². The number of amides is 1. The lowest BCUT2D eigenvalue weighted by atomic mass is 9.42. The van der Waals surface area contributed by atoms with E-state index in [1.54, 1.807) is 19.9 Å². The number of hydrogen-bond donors (Lipinski definition) is 10. The van der Waals surface area contributed by atoms with Gasteiger partial charge in [0.15, 0.2) is 30.3 Å². The zero-order valence-electron chi connectivity index (χ0n) is 51.9. The highest BCUT2D eigenvalue weighted by Gasteiger charge is 2.71. The first-order chi connectivity index (χ1) is 42.4. The van der Waals surface area contributed by atoms with E-state index in [2.05, 4.69) is 27.2 Å². The van der Waals surface area contributed by atoms with Crippen LogP contribution in [0.5, 0.6) is 0 Å². The number of rotatable bonds is 22. The van der Waals surface area contributed by atoms with Gasteiger partial charge in [0.1, 0.15) is 84.8 Å². The molecular formula is C62H95N6O20S+. The number of nitrogens with zero attached hydrogens (tertiary/aromatic N) is 4. The zero-order chi connectivity index (χ0) is 63.4. The molecule has 8 fully saturated rings. The predicted octanol–water partition coefficient (Wildman–Crippen LogP) is 1.70. The fourth-order valence-corrected chi connectivity index (χ4v) is 18.7. The summed E-state index contributed by atoms with van der Waals surface area (Å²) >= 11 is 0. The Morgan fingerprint density at radius 1 is 0.831 bits per heavy atom. The molecule has 11 rings (SSSR count). The van der Waals surface area contributed by atoms with Gasteiger partial charge < -0.3 is 94.5 Å². The number of ether oxygens (including phenoxy) is 9. The Kier molecular flexibility index (Phi) is 20.5. The summed E-state index contributed by atoms with van der Waals surface area (Å²) in [4.78, 5) is 49.5. The first kappa shape index (κ1) is 66.7. The molecule has 0 spiro atoms. The van der Waals surface area contributed by atoms with Gasteiger partial charge in [-0.05, 0) is 131 Å². The Bertz CT molecular complexity index is 2820. The van der Waals surface area contributed by atoms with Crippen LogP contribution in [-0.4, -0.2) is 232 Å². The van der Waals surface area contributed by atoms with Crippen molar-refractivity contribution in [2.24, 2.45) is 34.5 Å². The topological polar surface area (TPSA) is 378 Å². The summed E-state index contributed by atoms with van der Waals surface area (Å²) in [5, 5.41) is 93.6. The van der Waals surface area contributed by atoms with E-state index >= 15 is 0 Å². The van der Waals surface area contributed by atoms with Crippen LogP contribution in [0.1, 0.15) is 137 Å². The third-order valence-corrected chi connectivity index (χ3v) is 24.0. The molecule has 1 amide bonds. The number of hydrogen-bond acceptors (Lipinski definition) is 23. The van der Waals surface area contributed by atoms with Crippen LogP contribution in [0, 0.1) is 34.5 Å². The molecule has 9 aliphatic rings. The summed E-state index contributed by atoms with van der Waals surface area (Å²) in [6.45, 7) is 10.3. The number of unbranched alkanes of at least 4 members (excludes halogenated alkanes) is 2. The van der Waals surface area contributed by atoms with Crippen LogP contribution in [0.2, 0.25) is 0 Å². The second-order valence-electron chi connectivity index (χ2n) is 27.5. The Hall–Kier alpha value is -3.75. The number of esters is 1. The number of aliphatic hydroxyl groups is 7. The number of carbonyl (C=O) groups excluding carboxylic acids is 2. The maximum Gasteiger partial charge on any atom is 0.331 e. The number of nitrogens with one attached hydrogen (secondary N) is 1. The number of nitrogen functional groups attached to an aromatic ring is 1. The molecule has 5 unspecified atom stereocenters. The highest BCUT2D eigenvalue weighted by Crippen LogP contribution is 2.70. The average Bonchev–Trinajstić information content (AvgIpc) is 1.65. The number of carboxylic acid groups (broad SMARTS) is 1. The lowest BCUT2D eigenvalue weighted by Crippen LogP contribution is -2.67. The second-order valence-corrected chi connectivity index (χ2v) is 29.8. The van der Waals surface area contributed by atoms with Crippen molar-refractivity contribution in [3.05, 3.63) is 24.3 Å². The van der Waals surface area contributed by atoms with Crippen LogP contribution in [0.3, 0.4) is 0 Å². The van der Waals surface area contributed by atoms with Crippen LogP contribution in [0.25, 0.3) is 11.2 Å². The Morgan fingerprint density at radius 3 is 2.29 bits per heavy atom. The standard InChI is InChI=1S/C62H94N6O20S/c1-30-55(88-48-23-40(69)53(31(2)83-48)80-18-9-7-8-10-45(72)67-39(59(77)78)15-19-89(6)27-43-50(74)52(76)58(87-43)68-29-66-49-56(63)64-28-65-57(49)68)51(75)42(26-81-30)86-54-32(3)84-47(24-41(54)70)85-35-13-16-60(4)34(21-35)11-12-37-38(60)22-44(71)61(5)36(14-17-62(37,61)79)33-20-46(73)82-25-33/h20,28-32,34-44,47-48,50-55,58,69-71,74-76,79H,7-19,21-27H2,1-6H3,(H3-,63,64,65,67,72,77,78)/p+1/t30-,31-,32-,34-,35-,36-,37?,38+,39+,40+,41+,42?,43-,44-,47?,48?,50-,51+,52-,53-,54-,55-,58-,60+,61+,62+,89?/m1/s1. The molecule has 27 atom stereocenters. The summed E-state index contributed by atoms with van der Waals surface area (Å²) in [7, 11) is -0.450. The number of imidazole rings is 1. The van der Waals surface area contributed by atoms with Crippen LogP contribution in [0.4, 0.5) is 5.82 Å². The quantitative estimate of drug-likeness (QED) is 0.0347. The number of fused-ring (bicyclic) bond motifs is 6. The fraction of sp³-hybridized carbons (Fsp3) is 0.839. The SMILES string of the molecule is C[C@H]1OCC(O[C@H]2[C@@H](O)CC(O[C@@H]3CC[C@@]4(C)[C@H](CCC5[C@@H]4C[C@@H](O)[C@]4(C)[C@@H](C6=CC(=O)OC6)CC[C@]54O)C3)O[C@@H]2C)[C@H](O)[C@@H]1OC1C[C@H](O)[C@H](OCCCCCC(=O)N[C@@H](CC[S+](C)C[C@H]2O[C@@H](n3cnc4c(N)ncnc43)[C@H](O)[C@@H]2O)C(=O)O)[C@@H](C)O1. The Morgan fingerprint density at radius 2 is 1.57 bits per heavy atom. The summed E-state index contributed by atoms with van der Waals surface area (Å²) in [6.07, 6.45) is -0.304. The van der Waals surface area contributed by atoms with E-state index in [4.69, 9.17) is 48.4 Å². The summed E-state index contributed by atoms with van der Waals surface area (Å²) in [5.41, 5.74) is 5.56. The molecule has 4 aliphatic carbocycles. The first-order valence-electron chi connectivity index (χ1n) is 32.3. The van der Waals surface area contributed by atoms with Gasteiger partial charge in [-0.25, -0.2) is 24.5 Å². The van der Waals surface area contributed by atoms with E-state index in [1.165, 1.54) is 17.2 Å². The van der Waals surface area contributed by atoms with Crippen LogP contribution in [-0.2, 0) is 67.9 Å². The fourth-order valence-electron chi connectivity index (χ4n) is 17.1. The first-order valence-corrected chi connectivity index (χ1v) is 34.2. The van der Waals surface area contributed by atoms with Crippen molar-refractivity contribution in [1.82, 2.24) is 24.8 Å². The molecular weight excluding hydrogens is 1180 g/mol. The maximum absolute atomic E-state index is 12.9. The smallest absolute Gasteiger partial charge is 0.331 e. The van der Waals surface area contributed by atoms with Gasteiger partial charge in [0.25, 0.3) is 0 Å². The molecule has 27 heteroatoms. The largest absolute Gasteiger partial charge is 0.480 e. The zero-order valence-corrected chi connectivity index (χ0v) is 52.7. The highest BCUT2D eigenvalue weighted by molar-refractivity contribution is 7.96. The number of carboxylic acids is 1. The number of aliphatic carboxylic acids is 1. The van der Waals surface area contributed by atoms with Gasteiger partial charge in [0.05, 0.1) is 67.5 Å². The van der Waals surface area contributed by atoms with Crippen LogP contribution >= 0.6 is 0 Å². The molecule has 0 aromatic carbocycles. The van der Waals surface area contributed by atoms with Crippen molar-refractivity contribution in [1.29, 1.82) is 0 Å². The lowest BCUT2D eigenvalue weighted by molar-refractivity contribution is -0.319. The number of carbonyl (C=O) groups is 3. The minimum atomic E-state index is -1.28. The molecule has 26 nitrogen and oxygen atoms in total. The lowest BCUT2D eigenvalue weighted by Gasteiger charge is -2.65. The number of cyclic esters (lactones) is 1. The van der Waals surface area contributed by atoms with Crippen LogP contribution in [0.15, 0.2) is 24.3 Å². The molecule has 0 bridgehead atoms. The van der Waals surface area contributed by atoms with Gasteiger partial charge in [-0.15, -0.1) is 0 Å². The van der Waals surface area contributed by atoms with E-state index in [9.17, 15) is 55.2 Å². The van der Waals surface area contributed by atoms with E-state index < -0.39 is 144 Å². The number of nitrogens with two attached hydrogens (primary N) is 1. The van der Waals surface area contributed by atoms with E-state index in [0.29, 0.717) is 67.1 Å². The molecule has 5 aliphatic heterocycles. The number of aliphatic hydroxyl groups excluding tert-OH is 6. The molecule has 7 heterocycles. The van der Waals surface area contributed by atoms with Crippen molar-refractivity contribution in [2.45, 2.75) is 253 Å². The van der Waals surface area contributed by atoms with E-state index in [0.717, 1.165) is 37.7 Å². The predicted molar refractivity (Wildman–Crippen MR) is 318 cm³/mol. The number of aromatic nitrogens is 4. The third kappa shape index (κ3) is 13.3. The van der Waals surface area contributed by atoms with Gasteiger partial charge in [-0.3, -0.25) is 9.36 Å². The van der Waals surface area contributed by atoms with Crippen LogP contribution < -0.4 is 11.1 Å². The molecule has 11 N–H and O–H groups in total. The average molecular weight is 1280 g/mol. The monoisotopic (exact) mass is 1280 g/mol. The second kappa shape index (κ2) is 27.3. The molecule has 89 heavy (non-hydrogen) atoms. The van der Waals surface area contributed by atoms with E-state index in [1.807, 2.05) is 20.1 Å². The van der Waals surface area contributed by atoms with Crippen molar-refractivity contribution in [3.8, 4) is 0 Å². The Labute approximate surface area is 521 Å². The summed E-state index contributed by atoms with van der Waals surface area (Å²) < 4.78 is 56.9.